The maximum Gasteiger partial charge on any atom is 0.0725 e. The fraction of sp³-hybridized carbons (Fsp3) is 0.0312. The van der Waals surface area contributed by atoms with Gasteiger partial charge in [0.25, 0.3) is 0 Å². The Labute approximate surface area is 372 Å². The largest absolute Gasteiger partial charge is 0.0725 e. The van der Waals surface area contributed by atoms with Gasteiger partial charge in [-0.1, -0.05) is 218 Å². The third-order valence-corrected chi connectivity index (χ3v) is 15.5. The zero-order valence-electron chi connectivity index (χ0n) is 34.9. The second kappa shape index (κ2) is 12.3. The van der Waals surface area contributed by atoms with Crippen molar-refractivity contribution < 1.29 is 0 Å². The zero-order chi connectivity index (χ0) is 41.7. The van der Waals surface area contributed by atoms with Gasteiger partial charge in [-0.3, -0.25) is 0 Å². The first-order valence-electron chi connectivity index (χ1n) is 22.6. The van der Waals surface area contributed by atoms with E-state index in [0.717, 1.165) is 0 Å². The first-order valence-corrected chi connectivity index (χ1v) is 22.6. The lowest BCUT2D eigenvalue weighted by molar-refractivity contribution is 0.794. The van der Waals surface area contributed by atoms with Crippen LogP contribution in [-0.2, 0) is 10.8 Å². The minimum absolute atomic E-state index is 0.411. The van der Waals surface area contributed by atoms with Crippen molar-refractivity contribution in [3.05, 3.63) is 275 Å². The Balaban J connectivity index is 0.964. The molecular weight excluding hydrogens is 769 g/mol. The molecule has 0 amide bonds. The SMILES string of the molecule is c1ccc2c(c1)-c1ccccc1C21c2ccccc2-c2c1cc(-c1ccc(-c3cc4c(c5ccccc35)-c3ccccc3C43c4ccccc4-c4ccccc43)cc1)c1ccccc21. The minimum atomic E-state index is -0.411. The minimum Gasteiger partial charge on any atom is -0.0619 e. The van der Waals surface area contributed by atoms with Crippen molar-refractivity contribution in [3.63, 3.8) is 0 Å². The highest BCUT2D eigenvalue weighted by Gasteiger charge is 2.53. The van der Waals surface area contributed by atoms with Gasteiger partial charge < -0.3 is 0 Å². The Kier molecular flexibility index (Phi) is 6.64. The smallest absolute Gasteiger partial charge is 0.0619 e. The van der Waals surface area contributed by atoms with Crippen LogP contribution in [0.5, 0.6) is 0 Å². The molecule has 15 rings (SSSR count). The molecule has 0 radical (unpaired) electrons. The van der Waals surface area contributed by atoms with Crippen molar-refractivity contribution in [2.24, 2.45) is 0 Å². The second-order valence-corrected chi connectivity index (χ2v) is 18.1. The van der Waals surface area contributed by atoms with Gasteiger partial charge in [0.15, 0.2) is 0 Å². The summed E-state index contributed by atoms with van der Waals surface area (Å²) in [5.74, 6) is 0. The average Bonchev–Trinajstić information content (AvgIpc) is 4.05. The van der Waals surface area contributed by atoms with E-state index in [1.165, 1.54) is 133 Å². The van der Waals surface area contributed by atoms with Gasteiger partial charge in [-0.25, -0.2) is 0 Å². The molecule has 0 bridgehead atoms. The van der Waals surface area contributed by atoms with Crippen LogP contribution in [0.2, 0.25) is 0 Å². The summed E-state index contributed by atoms with van der Waals surface area (Å²) in [6.45, 7) is 0. The fourth-order valence-electron chi connectivity index (χ4n) is 13.2. The molecule has 0 nitrogen and oxygen atoms in total. The Morgan fingerprint density at radius 2 is 0.438 bits per heavy atom. The molecule has 0 N–H and O–H groups in total. The lowest BCUT2D eigenvalue weighted by Crippen LogP contribution is -2.25. The van der Waals surface area contributed by atoms with Crippen LogP contribution in [0.25, 0.3) is 88.3 Å². The maximum atomic E-state index is 2.55. The van der Waals surface area contributed by atoms with Crippen molar-refractivity contribution >= 4 is 21.5 Å². The molecule has 11 aromatic carbocycles. The molecule has 2 spiro atoms. The van der Waals surface area contributed by atoms with Gasteiger partial charge >= 0.3 is 0 Å². The van der Waals surface area contributed by atoms with Gasteiger partial charge in [-0.15, -0.1) is 0 Å². The van der Waals surface area contributed by atoms with Gasteiger partial charge in [0, 0.05) is 0 Å². The Morgan fingerprint density at radius 3 is 0.766 bits per heavy atom. The van der Waals surface area contributed by atoms with Gasteiger partial charge in [0.05, 0.1) is 10.8 Å². The van der Waals surface area contributed by atoms with E-state index >= 15 is 0 Å². The highest BCUT2D eigenvalue weighted by molar-refractivity contribution is 6.13. The number of benzene rings is 11. The maximum absolute atomic E-state index is 2.55. The Morgan fingerprint density at radius 1 is 0.188 bits per heavy atom. The van der Waals surface area contributed by atoms with E-state index in [0.29, 0.717) is 0 Å². The molecule has 0 aromatic heterocycles. The van der Waals surface area contributed by atoms with Gasteiger partial charge in [0.2, 0.25) is 0 Å². The van der Waals surface area contributed by atoms with E-state index in [4.69, 9.17) is 0 Å². The quantitative estimate of drug-likeness (QED) is 0.163. The summed E-state index contributed by atoms with van der Waals surface area (Å²) in [7, 11) is 0. The lowest BCUT2D eigenvalue weighted by Gasteiger charge is -2.31. The molecule has 0 unspecified atom stereocenters. The molecule has 0 saturated heterocycles. The van der Waals surface area contributed by atoms with Crippen LogP contribution in [0.15, 0.2) is 231 Å². The summed E-state index contributed by atoms with van der Waals surface area (Å²) in [4.78, 5) is 0. The molecule has 4 aliphatic rings. The molecule has 64 heavy (non-hydrogen) atoms. The highest BCUT2D eigenvalue weighted by Crippen LogP contribution is 2.66. The van der Waals surface area contributed by atoms with Crippen LogP contribution in [-0.4, -0.2) is 0 Å². The van der Waals surface area contributed by atoms with E-state index < -0.39 is 10.8 Å². The molecule has 0 saturated carbocycles. The van der Waals surface area contributed by atoms with Crippen molar-refractivity contribution in [1.82, 2.24) is 0 Å². The van der Waals surface area contributed by atoms with Crippen LogP contribution in [0.4, 0.5) is 0 Å². The summed E-state index contributed by atoms with van der Waals surface area (Å²) in [6, 6.07) is 87.5. The summed E-state index contributed by atoms with van der Waals surface area (Å²) in [5.41, 5.74) is 25.8. The molecule has 0 heterocycles. The fourth-order valence-corrected chi connectivity index (χ4v) is 13.2. The third-order valence-electron chi connectivity index (χ3n) is 15.5. The number of hydrogen-bond acceptors (Lipinski definition) is 0. The van der Waals surface area contributed by atoms with Crippen molar-refractivity contribution in [1.29, 1.82) is 0 Å². The molecule has 0 fully saturated rings. The van der Waals surface area contributed by atoms with E-state index in [-0.39, 0.29) is 0 Å². The summed E-state index contributed by atoms with van der Waals surface area (Å²) < 4.78 is 0. The summed E-state index contributed by atoms with van der Waals surface area (Å²) in [5, 5.41) is 5.16. The number of hydrogen-bond donors (Lipinski definition) is 0. The Bertz CT molecular complexity index is 3500. The molecule has 11 aromatic rings. The van der Waals surface area contributed by atoms with Gasteiger partial charge in [-0.2, -0.15) is 0 Å². The topological polar surface area (TPSA) is 0 Å². The van der Waals surface area contributed by atoms with Crippen LogP contribution in [0.3, 0.4) is 0 Å². The predicted octanol–water partition coefficient (Wildman–Crippen LogP) is 16.0. The molecule has 4 aliphatic carbocycles. The standard InChI is InChI=1S/C64H38/c1-3-23-47-41(17-1)51(37-59-61(47)49-25-9-15-31-57(49)63(59)53-27-11-5-19-43(53)44-20-6-12-28-54(44)63)39-33-35-40(36-34-39)52-38-60-62(48-24-4-2-18-42(48)52)50-26-10-16-32-58(50)64(60)55-29-13-7-21-45(55)46-22-8-14-30-56(46)64/h1-38H. The lowest BCUT2D eigenvalue weighted by atomic mass is 9.70. The average molecular weight is 807 g/mol. The number of fused-ring (bicyclic) bond motifs is 24. The van der Waals surface area contributed by atoms with Crippen LogP contribution in [0, 0.1) is 0 Å². The van der Waals surface area contributed by atoms with E-state index in [1.54, 1.807) is 0 Å². The van der Waals surface area contributed by atoms with Crippen LogP contribution < -0.4 is 0 Å². The van der Waals surface area contributed by atoms with Crippen LogP contribution in [0.1, 0.15) is 44.5 Å². The molecular formula is C64H38. The third kappa shape index (κ3) is 4.02. The van der Waals surface area contributed by atoms with E-state index in [1.807, 2.05) is 0 Å². The summed E-state index contributed by atoms with van der Waals surface area (Å²) >= 11 is 0. The Hall–Kier alpha value is -8.06. The second-order valence-electron chi connectivity index (χ2n) is 18.1. The molecule has 0 atom stereocenters. The van der Waals surface area contributed by atoms with Crippen molar-refractivity contribution in [3.8, 4) is 66.8 Å². The van der Waals surface area contributed by atoms with E-state index in [9.17, 15) is 0 Å². The van der Waals surface area contributed by atoms with Gasteiger partial charge in [-0.05, 0) is 145 Å². The molecule has 0 aliphatic heterocycles. The normalized spacial score (nSPS) is 14.5. The zero-order valence-corrected chi connectivity index (χ0v) is 34.9. The monoisotopic (exact) mass is 806 g/mol. The van der Waals surface area contributed by atoms with Gasteiger partial charge in [0.1, 0.15) is 0 Å². The van der Waals surface area contributed by atoms with Crippen molar-refractivity contribution in [2.45, 2.75) is 10.8 Å². The van der Waals surface area contributed by atoms with Crippen LogP contribution >= 0.6 is 0 Å². The molecule has 294 valence electrons. The first-order chi connectivity index (χ1) is 31.8. The number of rotatable bonds is 2. The highest BCUT2D eigenvalue weighted by atomic mass is 14.5. The molecule has 0 heteroatoms. The predicted molar refractivity (Wildman–Crippen MR) is 265 cm³/mol. The summed E-state index contributed by atoms with van der Waals surface area (Å²) in [6.07, 6.45) is 0. The first kappa shape index (κ1) is 34.5. The van der Waals surface area contributed by atoms with Crippen molar-refractivity contribution in [2.75, 3.05) is 0 Å². The van der Waals surface area contributed by atoms with E-state index in [2.05, 4.69) is 231 Å².